The van der Waals surface area contributed by atoms with Crippen LogP contribution in [-0.4, -0.2) is 22.5 Å². The van der Waals surface area contributed by atoms with Gasteiger partial charge in [-0.3, -0.25) is 4.79 Å². The average molecular weight is 247 g/mol. The molecule has 94 valence electrons. The number of pyridine rings is 1. The molecule has 0 bridgehead atoms. The highest BCUT2D eigenvalue weighted by Crippen LogP contribution is 2.29. The maximum atomic E-state index is 12.5. The van der Waals surface area contributed by atoms with Gasteiger partial charge in [-0.15, -0.1) is 0 Å². The number of ketones is 1. The van der Waals surface area contributed by atoms with Crippen LogP contribution in [0.5, 0.6) is 0 Å². The second kappa shape index (κ2) is 4.33. The van der Waals surface area contributed by atoms with Crippen molar-refractivity contribution in [1.29, 1.82) is 0 Å². The van der Waals surface area contributed by atoms with Gasteiger partial charge in [-0.2, -0.15) is 13.2 Å². The quantitative estimate of drug-likeness (QED) is 0.836. The van der Waals surface area contributed by atoms with E-state index < -0.39 is 23.9 Å². The molecule has 0 fully saturated rings. The number of Topliss-reactive ketones (excluding diaryl/α,β-unsaturated/α-hetero) is 1. The first-order valence-corrected chi connectivity index (χ1v) is 4.74. The Morgan fingerprint density at radius 1 is 1.47 bits per heavy atom. The van der Waals surface area contributed by atoms with Gasteiger partial charge in [0.1, 0.15) is 5.82 Å². The van der Waals surface area contributed by atoms with Gasteiger partial charge in [0.2, 0.25) is 0 Å². The number of anilines is 1. The maximum absolute atomic E-state index is 12.5. The molecule has 0 radical (unpaired) electrons. The largest absolute Gasteiger partial charge is 0.413 e. The lowest BCUT2D eigenvalue weighted by Gasteiger charge is -2.25. The third-order valence-electron chi connectivity index (χ3n) is 2.38. The fraction of sp³-hybridized carbons (Fsp3) is 0.400. The molecule has 0 aromatic carbocycles. The number of rotatable bonds is 3. The summed E-state index contributed by atoms with van der Waals surface area (Å²) >= 11 is 0. The number of carbonyl (C=O) groups excluding carboxylic acids is 1. The van der Waals surface area contributed by atoms with E-state index in [4.69, 9.17) is 11.5 Å². The molecular formula is C10H12F3N3O. The zero-order valence-electron chi connectivity index (χ0n) is 9.08. The molecule has 7 heteroatoms. The van der Waals surface area contributed by atoms with Crippen molar-refractivity contribution < 1.29 is 18.0 Å². The highest BCUT2D eigenvalue weighted by Gasteiger charge is 2.53. The summed E-state index contributed by atoms with van der Waals surface area (Å²) in [6.45, 7) is 0.653. The fourth-order valence-electron chi connectivity index (χ4n) is 1.13. The SMILES string of the molecule is CC(N)(C(=O)Cc1ccnc(N)c1)C(F)(F)F. The van der Waals surface area contributed by atoms with Gasteiger partial charge in [-0.25, -0.2) is 4.98 Å². The standard InChI is InChI=1S/C10H12F3N3O/c1-9(15,10(11,12)13)7(17)4-6-2-3-16-8(14)5-6/h2-3,5H,4,15H2,1H3,(H2,14,16). The van der Waals surface area contributed by atoms with Gasteiger partial charge < -0.3 is 11.5 Å². The number of hydrogen-bond acceptors (Lipinski definition) is 4. The molecule has 1 aromatic heterocycles. The minimum Gasteiger partial charge on any atom is -0.384 e. The molecule has 1 rings (SSSR count). The van der Waals surface area contributed by atoms with Crippen molar-refractivity contribution in [2.45, 2.75) is 25.1 Å². The Balaban J connectivity index is 2.87. The molecule has 1 atom stereocenters. The zero-order valence-corrected chi connectivity index (χ0v) is 9.08. The van der Waals surface area contributed by atoms with Gasteiger partial charge in [-0.05, 0) is 24.6 Å². The molecule has 1 aromatic rings. The fourth-order valence-corrected chi connectivity index (χ4v) is 1.13. The van der Waals surface area contributed by atoms with Crippen LogP contribution >= 0.6 is 0 Å². The lowest BCUT2D eigenvalue weighted by Crippen LogP contribution is -2.57. The number of carbonyl (C=O) groups is 1. The number of aromatic nitrogens is 1. The van der Waals surface area contributed by atoms with Crippen molar-refractivity contribution in [3.05, 3.63) is 23.9 Å². The minimum atomic E-state index is -4.78. The number of hydrogen-bond donors (Lipinski definition) is 2. The van der Waals surface area contributed by atoms with Gasteiger partial charge in [0.25, 0.3) is 0 Å². The summed E-state index contributed by atoms with van der Waals surface area (Å²) in [6, 6.07) is 2.76. The van der Waals surface area contributed by atoms with Crippen molar-refractivity contribution in [3.63, 3.8) is 0 Å². The third-order valence-corrected chi connectivity index (χ3v) is 2.38. The number of halogens is 3. The van der Waals surface area contributed by atoms with Crippen LogP contribution in [0.25, 0.3) is 0 Å². The van der Waals surface area contributed by atoms with Crippen LogP contribution in [0, 0.1) is 0 Å². The summed E-state index contributed by atoms with van der Waals surface area (Å²) in [4.78, 5) is 15.2. The second-order valence-electron chi connectivity index (χ2n) is 3.89. The zero-order chi connectivity index (χ0) is 13.3. The summed E-state index contributed by atoms with van der Waals surface area (Å²) in [5.41, 5.74) is 7.85. The van der Waals surface area contributed by atoms with E-state index in [0.29, 0.717) is 12.5 Å². The number of nitrogen functional groups attached to an aromatic ring is 1. The third kappa shape index (κ3) is 2.94. The molecular weight excluding hydrogens is 235 g/mol. The van der Waals surface area contributed by atoms with Crippen LogP contribution in [0.4, 0.5) is 19.0 Å². The van der Waals surface area contributed by atoms with Crippen LogP contribution < -0.4 is 11.5 Å². The highest BCUT2D eigenvalue weighted by atomic mass is 19.4. The van der Waals surface area contributed by atoms with Crippen LogP contribution in [0.15, 0.2) is 18.3 Å². The Bertz CT molecular complexity index is 429. The van der Waals surface area contributed by atoms with Gasteiger partial charge in [0, 0.05) is 12.6 Å². The molecule has 0 aliphatic heterocycles. The van der Waals surface area contributed by atoms with E-state index in [1.165, 1.54) is 18.3 Å². The highest BCUT2D eigenvalue weighted by molar-refractivity contribution is 5.90. The molecule has 0 amide bonds. The molecule has 1 unspecified atom stereocenters. The molecule has 0 aliphatic carbocycles. The van der Waals surface area contributed by atoms with Crippen LogP contribution in [-0.2, 0) is 11.2 Å². The second-order valence-corrected chi connectivity index (χ2v) is 3.89. The van der Waals surface area contributed by atoms with E-state index >= 15 is 0 Å². The summed E-state index contributed by atoms with van der Waals surface area (Å²) in [7, 11) is 0. The van der Waals surface area contributed by atoms with Crippen molar-refractivity contribution in [2.75, 3.05) is 5.73 Å². The van der Waals surface area contributed by atoms with E-state index in [9.17, 15) is 18.0 Å². The topological polar surface area (TPSA) is 82.0 Å². The lowest BCUT2D eigenvalue weighted by molar-refractivity contribution is -0.185. The summed E-state index contributed by atoms with van der Waals surface area (Å²) in [5.74, 6) is -0.975. The number of alkyl halides is 3. The first kappa shape index (κ1) is 13.4. The van der Waals surface area contributed by atoms with E-state index in [0.717, 1.165) is 0 Å². The first-order valence-electron chi connectivity index (χ1n) is 4.74. The van der Waals surface area contributed by atoms with Gasteiger partial charge in [-0.1, -0.05) is 0 Å². The van der Waals surface area contributed by atoms with Crippen molar-refractivity contribution >= 4 is 11.6 Å². The normalized spacial score (nSPS) is 15.4. The maximum Gasteiger partial charge on any atom is 0.413 e. The molecule has 4 nitrogen and oxygen atoms in total. The molecule has 17 heavy (non-hydrogen) atoms. The molecule has 0 saturated heterocycles. The Kier molecular flexibility index (Phi) is 3.42. The minimum absolute atomic E-state index is 0.140. The molecule has 0 aliphatic rings. The summed E-state index contributed by atoms with van der Waals surface area (Å²) in [6.07, 6.45) is -3.89. The predicted molar refractivity (Wildman–Crippen MR) is 56.0 cm³/mol. The van der Waals surface area contributed by atoms with Crippen LogP contribution in [0.3, 0.4) is 0 Å². The predicted octanol–water partition coefficient (Wildman–Crippen LogP) is 1.06. The van der Waals surface area contributed by atoms with Crippen molar-refractivity contribution in [1.82, 2.24) is 4.98 Å². The first-order chi connectivity index (χ1) is 7.64. The van der Waals surface area contributed by atoms with E-state index in [1.54, 1.807) is 0 Å². The molecule has 0 saturated carbocycles. The number of nitrogens with zero attached hydrogens (tertiary/aromatic N) is 1. The average Bonchev–Trinajstić information content (AvgIpc) is 2.15. The van der Waals surface area contributed by atoms with Gasteiger partial charge >= 0.3 is 6.18 Å². The Morgan fingerprint density at radius 2 is 2.06 bits per heavy atom. The smallest absolute Gasteiger partial charge is 0.384 e. The molecule has 1 heterocycles. The monoisotopic (exact) mass is 247 g/mol. The van der Waals surface area contributed by atoms with E-state index in [1.807, 2.05) is 0 Å². The van der Waals surface area contributed by atoms with Crippen molar-refractivity contribution in [2.24, 2.45) is 5.73 Å². The Morgan fingerprint density at radius 3 is 2.53 bits per heavy atom. The van der Waals surface area contributed by atoms with E-state index in [2.05, 4.69) is 4.98 Å². The molecule has 4 N–H and O–H groups in total. The van der Waals surface area contributed by atoms with Gasteiger partial charge in [0.15, 0.2) is 11.3 Å². The van der Waals surface area contributed by atoms with Crippen LogP contribution in [0.2, 0.25) is 0 Å². The Labute approximate surface area is 95.8 Å². The lowest BCUT2D eigenvalue weighted by atomic mass is 9.92. The Hall–Kier alpha value is -1.63. The molecule has 0 spiro atoms. The summed E-state index contributed by atoms with van der Waals surface area (Å²) < 4.78 is 37.4. The summed E-state index contributed by atoms with van der Waals surface area (Å²) in [5, 5.41) is 0. The van der Waals surface area contributed by atoms with Crippen molar-refractivity contribution in [3.8, 4) is 0 Å². The van der Waals surface area contributed by atoms with E-state index in [-0.39, 0.29) is 5.82 Å². The van der Waals surface area contributed by atoms with Crippen LogP contribution in [0.1, 0.15) is 12.5 Å². The number of nitrogens with two attached hydrogens (primary N) is 2. The van der Waals surface area contributed by atoms with Gasteiger partial charge in [0.05, 0.1) is 0 Å².